The van der Waals surface area contributed by atoms with Crippen molar-refractivity contribution in [2.24, 2.45) is 23.2 Å². The van der Waals surface area contributed by atoms with Gasteiger partial charge in [-0.2, -0.15) is 0 Å². The van der Waals surface area contributed by atoms with Gasteiger partial charge in [0, 0.05) is 31.8 Å². The molecule has 3 N–H and O–H groups in total. The minimum Gasteiger partial charge on any atom is -0.347 e. The number of likely N-dealkylation sites (tertiary alicyclic amines) is 1. The first-order valence-corrected chi connectivity index (χ1v) is 15.8. The lowest BCUT2D eigenvalue weighted by Crippen LogP contribution is -2.60. The maximum atomic E-state index is 14.1. The van der Waals surface area contributed by atoms with Crippen molar-refractivity contribution in [2.75, 3.05) is 6.54 Å². The van der Waals surface area contributed by atoms with E-state index in [1.807, 2.05) is 27.7 Å². The highest BCUT2D eigenvalue weighted by Crippen LogP contribution is 2.43. The summed E-state index contributed by atoms with van der Waals surface area (Å²) in [6, 6.07) is -2.67. The quantitative estimate of drug-likeness (QED) is 0.316. The first-order valence-electron chi connectivity index (χ1n) is 15.8. The maximum Gasteiger partial charge on any atom is 0.289 e. The normalized spacial score (nSPS) is 27.1. The Kier molecular flexibility index (Phi) is 9.97. The maximum absolute atomic E-state index is 14.1. The zero-order valence-electron chi connectivity index (χ0n) is 25.5. The fraction of sp³-hybridized carbons (Fsp3) is 0.839. The summed E-state index contributed by atoms with van der Waals surface area (Å²) >= 11 is 0. The number of hydrogen-bond donors (Lipinski definition) is 3. The highest BCUT2D eigenvalue weighted by molar-refractivity contribution is 6.38. The summed E-state index contributed by atoms with van der Waals surface area (Å²) in [7, 11) is 0. The smallest absolute Gasteiger partial charge is 0.289 e. The van der Waals surface area contributed by atoms with Crippen LogP contribution in [0.5, 0.6) is 0 Å². The number of ketones is 1. The van der Waals surface area contributed by atoms with Crippen LogP contribution in [0.3, 0.4) is 0 Å². The van der Waals surface area contributed by atoms with E-state index in [1.165, 1.54) is 0 Å². The van der Waals surface area contributed by atoms with Gasteiger partial charge in [0.2, 0.25) is 29.4 Å². The Morgan fingerprint density at radius 1 is 0.952 bits per heavy atom. The Hall–Kier alpha value is -2.59. The van der Waals surface area contributed by atoms with Crippen molar-refractivity contribution in [3.8, 4) is 0 Å². The lowest BCUT2D eigenvalue weighted by Gasteiger charge is -2.37. The van der Waals surface area contributed by atoms with Gasteiger partial charge in [0.05, 0.1) is 6.04 Å². The van der Waals surface area contributed by atoms with Gasteiger partial charge in [-0.3, -0.25) is 24.0 Å². The Morgan fingerprint density at radius 2 is 1.62 bits per heavy atom. The number of alkyl halides is 2. The van der Waals surface area contributed by atoms with Gasteiger partial charge < -0.3 is 20.9 Å². The minimum atomic E-state index is -2.68. The summed E-state index contributed by atoms with van der Waals surface area (Å²) in [5.74, 6) is -5.26. The number of amides is 4. The highest BCUT2D eigenvalue weighted by atomic mass is 19.3. The molecule has 0 aromatic rings. The van der Waals surface area contributed by atoms with Gasteiger partial charge >= 0.3 is 0 Å². The van der Waals surface area contributed by atoms with Crippen LogP contribution >= 0.6 is 0 Å². The molecule has 0 aromatic heterocycles. The van der Waals surface area contributed by atoms with Crippen molar-refractivity contribution in [3.63, 3.8) is 0 Å². The van der Waals surface area contributed by atoms with Crippen LogP contribution in [0.1, 0.15) is 105 Å². The molecule has 0 aromatic carbocycles. The molecule has 4 rings (SSSR count). The number of nitrogens with zero attached hydrogens (tertiary/aromatic N) is 1. The average molecular weight is 595 g/mol. The van der Waals surface area contributed by atoms with E-state index < -0.39 is 47.1 Å². The number of Topliss-reactive ketones (excluding diaryl/α,β-unsaturated/α-hetero) is 1. The second kappa shape index (κ2) is 13.0. The Bertz CT molecular complexity index is 1050. The summed E-state index contributed by atoms with van der Waals surface area (Å²) in [5, 5.41) is 8.41. The van der Waals surface area contributed by atoms with Crippen molar-refractivity contribution >= 4 is 29.4 Å². The number of hydrogen-bond acceptors (Lipinski definition) is 5. The Morgan fingerprint density at radius 3 is 2.21 bits per heavy atom. The topological polar surface area (TPSA) is 125 Å². The van der Waals surface area contributed by atoms with Crippen LogP contribution in [0.15, 0.2) is 0 Å². The molecule has 3 aliphatic carbocycles. The summed E-state index contributed by atoms with van der Waals surface area (Å²) in [5.41, 5.74) is -0.674. The molecule has 1 aliphatic heterocycles. The van der Waals surface area contributed by atoms with Crippen LogP contribution in [-0.4, -0.2) is 70.9 Å². The molecule has 11 heteroatoms. The zero-order chi connectivity index (χ0) is 30.8. The molecule has 0 spiro atoms. The number of nitrogens with one attached hydrogen (secondary N) is 3. The number of rotatable bonds is 11. The molecule has 9 nitrogen and oxygen atoms in total. The number of fused-ring (bicyclic) bond motifs is 1. The van der Waals surface area contributed by atoms with E-state index in [1.54, 1.807) is 4.90 Å². The number of carbonyl (C=O) groups excluding carboxylic acids is 5. The third-order valence-electron chi connectivity index (χ3n) is 9.52. The third kappa shape index (κ3) is 7.86. The third-order valence-corrected chi connectivity index (χ3v) is 9.52. The predicted molar refractivity (Wildman–Crippen MR) is 152 cm³/mol. The molecule has 5 atom stereocenters. The SMILES string of the molecule is CCC[C@H](NC(=O)[C@@H]1[C@H]2CCC[C@H]2CN1C(=O)[C@@H](NC(=O)CC1CCC(F)(F)CC1)C(C)(C)C)C(=O)C(=O)NC1CC1. The molecule has 42 heavy (non-hydrogen) atoms. The van der Waals surface area contributed by atoms with E-state index in [9.17, 15) is 32.8 Å². The van der Waals surface area contributed by atoms with Crippen molar-refractivity contribution in [1.29, 1.82) is 0 Å². The summed E-state index contributed by atoms with van der Waals surface area (Å²) in [6.45, 7) is 7.79. The molecule has 236 valence electrons. The highest BCUT2D eigenvalue weighted by Gasteiger charge is 2.52. The fourth-order valence-electron chi connectivity index (χ4n) is 6.93. The average Bonchev–Trinajstić information content (AvgIpc) is 3.47. The molecule has 4 aliphatic rings. The van der Waals surface area contributed by atoms with Gasteiger partial charge in [0.25, 0.3) is 5.91 Å². The molecule has 0 unspecified atom stereocenters. The van der Waals surface area contributed by atoms with Gasteiger partial charge in [-0.15, -0.1) is 0 Å². The zero-order valence-corrected chi connectivity index (χ0v) is 25.5. The van der Waals surface area contributed by atoms with Crippen LogP contribution in [0, 0.1) is 23.2 Å². The van der Waals surface area contributed by atoms with Crippen molar-refractivity contribution in [3.05, 3.63) is 0 Å². The summed E-state index contributed by atoms with van der Waals surface area (Å²) in [4.78, 5) is 68.0. The summed E-state index contributed by atoms with van der Waals surface area (Å²) < 4.78 is 27.2. The minimum absolute atomic E-state index is 0.0187. The fourth-order valence-corrected chi connectivity index (χ4v) is 6.93. The Labute approximate surface area is 247 Å². The van der Waals surface area contributed by atoms with Gasteiger partial charge in [-0.1, -0.05) is 40.5 Å². The van der Waals surface area contributed by atoms with Crippen molar-refractivity contribution in [2.45, 2.75) is 135 Å². The van der Waals surface area contributed by atoms with Gasteiger partial charge in [-0.25, -0.2) is 8.78 Å². The first-order chi connectivity index (χ1) is 19.7. The molecule has 0 bridgehead atoms. The van der Waals surface area contributed by atoms with E-state index in [4.69, 9.17) is 0 Å². The van der Waals surface area contributed by atoms with Gasteiger partial charge in [0.1, 0.15) is 12.1 Å². The molecule has 1 saturated heterocycles. The predicted octanol–water partition coefficient (Wildman–Crippen LogP) is 3.49. The molecule has 1 heterocycles. The molecular weight excluding hydrogens is 546 g/mol. The van der Waals surface area contributed by atoms with Crippen LogP contribution in [-0.2, 0) is 24.0 Å². The van der Waals surface area contributed by atoms with E-state index in [-0.39, 0.29) is 67.7 Å². The summed E-state index contributed by atoms with van der Waals surface area (Å²) in [6.07, 6.45) is 5.34. The first kappa shape index (κ1) is 32.3. The van der Waals surface area contributed by atoms with E-state index in [0.29, 0.717) is 19.4 Å². The molecule has 4 amide bonds. The number of carbonyl (C=O) groups is 5. The molecule has 3 saturated carbocycles. The Balaban J connectivity index is 1.47. The van der Waals surface area contributed by atoms with Crippen LogP contribution in [0.25, 0.3) is 0 Å². The van der Waals surface area contributed by atoms with Gasteiger partial charge in [0.15, 0.2) is 0 Å². The second-order valence-electron chi connectivity index (χ2n) is 14.1. The standard InChI is InChI=1S/C31H48F2N4O5/c1-5-7-22(25(39)28(41)34-20-10-11-20)35-27(40)24-21-9-6-8-19(21)17-37(24)29(42)26(30(2,3)4)36-23(38)16-18-12-14-31(32,33)15-13-18/h18-22,24,26H,5-17H2,1-4H3,(H,34,41)(H,35,40)(H,36,38)/t19-,21-,22-,24-,26+/m0/s1. The monoisotopic (exact) mass is 594 g/mol. The largest absolute Gasteiger partial charge is 0.347 e. The van der Waals surface area contributed by atoms with Crippen molar-refractivity contribution in [1.82, 2.24) is 20.9 Å². The lowest BCUT2D eigenvalue weighted by molar-refractivity contribution is -0.146. The van der Waals surface area contributed by atoms with Crippen molar-refractivity contribution < 1.29 is 32.8 Å². The second-order valence-corrected chi connectivity index (χ2v) is 14.1. The molecule has 4 fully saturated rings. The van der Waals surface area contributed by atoms with Crippen LogP contribution in [0.4, 0.5) is 8.78 Å². The molecule has 0 radical (unpaired) electrons. The van der Waals surface area contributed by atoms with E-state index in [0.717, 1.165) is 32.1 Å². The van der Waals surface area contributed by atoms with Crippen LogP contribution in [0.2, 0.25) is 0 Å². The van der Waals surface area contributed by atoms with Crippen LogP contribution < -0.4 is 16.0 Å². The van der Waals surface area contributed by atoms with E-state index >= 15 is 0 Å². The number of halogens is 2. The van der Waals surface area contributed by atoms with E-state index in [2.05, 4.69) is 16.0 Å². The lowest BCUT2D eigenvalue weighted by atomic mass is 9.83. The van der Waals surface area contributed by atoms with Gasteiger partial charge in [-0.05, 0) is 68.1 Å². The molecular formula is C31H48F2N4O5.